The van der Waals surface area contributed by atoms with Crippen molar-refractivity contribution < 1.29 is 19.0 Å². The third-order valence-electron chi connectivity index (χ3n) is 4.39. The molecule has 138 valence electrons. The second-order valence-corrected chi connectivity index (χ2v) is 6.14. The van der Waals surface area contributed by atoms with Crippen LogP contribution in [0.5, 0.6) is 11.6 Å². The number of pyridine rings is 2. The quantitative estimate of drug-likeness (QED) is 0.691. The van der Waals surface area contributed by atoms with Crippen LogP contribution in [0.3, 0.4) is 0 Å². The molecule has 0 aliphatic carbocycles. The summed E-state index contributed by atoms with van der Waals surface area (Å²) >= 11 is 0. The van der Waals surface area contributed by atoms with Gasteiger partial charge in [0.2, 0.25) is 5.88 Å². The van der Waals surface area contributed by atoms with Crippen LogP contribution in [0.4, 0.5) is 5.69 Å². The summed E-state index contributed by atoms with van der Waals surface area (Å²) in [6.45, 7) is 0.721. The van der Waals surface area contributed by atoms with Crippen molar-refractivity contribution in [1.29, 1.82) is 0 Å². The number of fused-ring (bicyclic) bond motifs is 1. The van der Waals surface area contributed by atoms with E-state index in [0.29, 0.717) is 24.8 Å². The number of anilines is 1. The van der Waals surface area contributed by atoms with Crippen LogP contribution < -0.4 is 14.4 Å². The number of para-hydroxylation sites is 1. The van der Waals surface area contributed by atoms with Crippen LogP contribution in [0.15, 0.2) is 54.9 Å². The van der Waals surface area contributed by atoms with Gasteiger partial charge in [-0.15, -0.1) is 0 Å². The van der Waals surface area contributed by atoms with Gasteiger partial charge in [-0.05, 0) is 18.2 Å². The van der Waals surface area contributed by atoms with E-state index in [1.165, 1.54) is 0 Å². The lowest BCUT2D eigenvalue weighted by Crippen LogP contribution is -2.48. The van der Waals surface area contributed by atoms with Gasteiger partial charge in [0.25, 0.3) is 5.91 Å². The Morgan fingerprint density at radius 2 is 2.07 bits per heavy atom. The van der Waals surface area contributed by atoms with Gasteiger partial charge < -0.3 is 19.1 Å². The first-order chi connectivity index (χ1) is 13.2. The summed E-state index contributed by atoms with van der Waals surface area (Å²) < 4.78 is 16.8. The van der Waals surface area contributed by atoms with Crippen molar-refractivity contribution in [2.75, 3.05) is 31.8 Å². The molecule has 0 radical (unpaired) electrons. The monoisotopic (exact) mass is 365 g/mol. The standard InChI is InChI=1S/C20H19N3O4/c1-25-18-10-15(7-9-21-18)23-11-16(26-13-19(23)24)12-27-17-6-2-4-14-5-3-8-22-20(14)17/h2-10,16H,11-13H2,1H3. The number of hydrogen-bond donors (Lipinski definition) is 0. The van der Waals surface area contributed by atoms with E-state index < -0.39 is 0 Å². The zero-order chi connectivity index (χ0) is 18.6. The first-order valence-corrected chi connectivity index (χ1v) is 8.63. The van der Waals surface area contributed by atoms with Gasteiger partial charge in [-0.2, -0.15) is 0 Å². The molecule has 4 rings (SSSR count). The molecule has 0 bridgehead atoms. The molecule has 1 aromatic carbocycles. The summed E-state index contributed by atoms with van der Waals surface area (Å²) in [4.78, 5) is 22.4. The third kappa shape index (κ3) is 3.68. The molecule has 3 aromatic rings. The lowest BCUT2D eigenvalue weighted by atomic mass is 10.2. The van der Waals surface area contributed by atoms with E-state index in [9.17, 15) is 4.79 Å². The van der Waals surface area contributed by atoms with Gasteiger partial charge in [0.1, 0.15) is 30.6 Å². The molecule has 1 unspecified atom stereocenters. The Morgan fingerprint density at radius 3 is 2.96 bits per heavy atom. The van der Waals surface area contributed by atoms with Crippen LogP contribution in [-0.4, -0.2) is 48.8 Å². The lowest BCUT2D eigenvalue weighted by Gasteiger charge is -2.32. The van der Waals surface area contributed by atoms with E-state index in [0.717, 1.165) is 16.6 Å². The van der Waals surface area contributed by atoms with Crippen LogP contribution in [-0.2, 0) is 9.53 Å². The smallest absolute Gasteiger partial charge is 0.253 e. The Morgan fingerprint density at radius 1 is 1.19 bits per heavy atom. The normalized spacial score (nSPS) is 17.1. The number of carbonyl (C=O) groups is 1. The average molecular weight is 365 g/mol. The third-order valence-corrected chi connectivity index (χ3v) is 4.39. The molecule has 7 nitrogen and oxygen atoms in total. The summed E-state index contributed by atoms with van der Waals surface area (Å²) in [5.74, 6) is 1.05. The number of carbonyl (C=O) groups excluding carboxylic acids is 1. The molecule has 3 heterocycles. The summed E-state index contributed by atoms with van der Waals surface area (Å²) in [6, 6.07) is 13.2. The van der Waals surface area contributed by atoms with Gasteiger partial charge in [0.15, 0.2) is 0 Å². The fraction of sp³-hybridized carbons (Fsp3) is 0.250. The molecule has 1 aliphatic rings. The maximum Gasteiger partial charge on any atom is 0.253 e. The fourth-order valence-corrected chi connectivity index (χ4v) is 3.03. The molecule has 0 spiro atoms. The Kier molecular flexibility index (Phi) is 4.84. The Hall–Kier alpha value is -3.19. The van der Waals surface area contributed by atoms with E-state index in [1.54, 1.807) is 36.5 Å². The van der Waals surface area contributed by atoms with Crippen LogP contribution in [0.25, 0.3) is 10.9 Å². The average Bonchev–Trinajstić information content (AvgIpc) is 2.73. The van der Waals surface area contributed by atoms with Crippen molar-refractivity contribution in [3.63, 3.8) is 0 Å². The molecule has 7 heteroatoms. The SMILES string of the molecule is COc1cc(N2CC(COc3cccc4cccnc34)OCC2=O)ccn1. The summed E-state index contributed by atoms with van der Waals surface area (Å²) in [6.07, 6.45) is 3.11. The fourth-order valence-electron chi connectivity index (χ4n) is 3.03. The minimum absolute atomic E-state index is 0.00640. The lowest BCUT2D eigenvalue weighted by molar-refractivity contribution is -0.130. The van der Waals surface area contributed by atoms with Gasteiger partial charge in [-0.25, -0.2) is 4.98 Å². The summed E-state index contributed by atoms with van der Waals surface area (Å²) in [5.41, 5.74) is 1.54. The van der Waals surface area contributed by atoms with Gasteiger partial charge in [0.05, 0.1) is 19.3 Å². The first-order valence-electron chi connectivity index (χ1n) is 8.63. The predicted octanol–water partition coefficient (Wildman–Crippen LogP) is 2.45. The minimum atomic E-state index is -0.249. The first kappa shape index (κ1) is 17.2. The maximum atomic E-state index is 12.3. The number of hydrogen-bond acceptors (Lipinski definition) is 6. The van der Waals surface area contributed by atoms with Crippen LogP contribution >= 0.6 is 0 Å². The molecule has 1 amide bonds. The highest BCUT2D eigenvalue weighted by molar-refractivity contribution is 5.95. The van der Waals surface area contributed by atoms with Gasteiger partial charge in [-0.3, -0.25) is 9.78 Å². The highest BCUT2D eigenvalue weighted by Gasteiger charge is 2.28. The van der Waals surface area contributed by atoms with Crippen molar-refractivity contribution >= 4 is 22.5 Å². The van der Waals surface area contributed by atoms with Crippen LogP contribution in [0.2, 0.25) is 0 Å². The van der Waals surface area contributed by atoms with Crippen molar-refractivity contribution in [1.82, 2.24) is 9.97 Å². The van der Waals surface area contributed by atoms with E-state index in [4.69, 9.17) is 14.2 Å². The highest BCUT2D eigenvalue weighted by Crippen LogP contribution is 2.25. The Balaban J connectivity index is 1.47. The maximum absolute atomic E-state index is 12.3. The van der Waals surface area contributed by atoms with E-state index in [1.807, 2.05) is 30.3 Å². The number of ether oxygens (including phenoxy) is 3. The number of morpholine rings is 1. The number of benzene rings is 1. The summed E-state index contributed by atoms with van der Waals surface area (Å²) in [5, 5.41) is 1.01. The molecule has 0 saturated carbocycles. The molecule has 1 aliphatic heterocycles. The highest BCUT2D eigenvalue weighted by atomic mass is 16.5. The Labute approximate surface area is 156 Å². The van der Waals surface area contributed by atoms with Gasteiger partial charge in [0, 0.05) is 23.8 Å². The number of nitrogens with zero attached hydrogens (tertiary/aromatic N) is 3. The van der Waals surface area contributed by atoms with E-state index >= 15 is 0 Å². The molecular weight excluding hydrogens is 346 g/mol. The topological polar surface area (TPSA) is 73.8 Å². The second-order valence-electron chi connectivity index (χ2n) is 6.14. The van der Waals surface area contributed by atoms with Gasteiger partial charge >= 0.3 is 0 Å². The molecular formula is C20H19N3O4. The number of aromatic nitrogens is 2. The Bertz CT molecular complexity index is 957. The van der Waals surface area contributed by atoms with Crippen LogP contribution in [0.1, 0.15) is 0 Å². The van der Waals surface area contributed by atoms with Crippen molar-refractivity contribution in [2.45, 2.75) is 6.10 Å². The molecule has 27 heavy (non-hydrogen) atoms. The molecule has 1 saturated heterocycles. The van der Waals surface area contributed by atoms with E-state index in [-0.39, 0.29) is 18.6 Å². The van der Waals surface area contributed by atoms with Crippen LogP contribution in [0, 0.1) is 0 Å². The minimum Gasteiger partial charge on any atom is -0.489 e. The number of amides is 1. The van der Waals surface area contributed by atoms with Crippen molar-refractivity contribution in [3.8, 4) is 11.6 Å². The molecule has 1 atom stereocenters. The molecule has 0 N–H and O–H groups in total. The van der Waals surface area contributed by atoms with Crippen molar-refractivity contribution in [2.24, 2.45) is 0 Å². The van der Waals surface area contributed by atoms with Gasteiger partial charge in [-0.1, -0.05) is 18.2 Å². The summed E-state index contributed by atoms with van der Waals surface area (Å²) in [7, 11) is 1.54. The van der Waals surface area contributed by atoms with E-state index in [2.05, 4.69) is 9.97 Å². The molecule has 2 aromatic heterocycles. The predicted molar refractivity (Wildman–Crippen MR) is 100 cm³/mol. The zero-order valence-corrected chi connectivity index (χ0v) is 14.9. The van der Waals surface area contributed by atoms with Crippen molar-refractivity contribution in [3.05, 3.63) is 54.9 Å². The number of rotatable bonds is 5. The number of methoxy groups -OCH3 is 1. The molecule has 1 fully saturated rings. The zero-order valence-electron chi connectivity index (χ0n) is 14.9. The largest absolute Gasteiger partial charge is 0.489 e. The second kappa shape index (κ2) is 7.59.